The summed E-state index contributed by atoms with van der Waals surface area (Å²) in [6, 6.07) is 2.12. The van der Waals surface area contributed by atoms with Gasteiger partial charge in [0.25, 0.3) is 0 Å². The first-order valence-corrected chi connectivity index (χ1v) is 8.18. The maximum Gasteiger partial charge on any atom is 0.496 e. The number of pyridine rings is 1. The summed E-state index contributed by atoms with van der Waals surface area (Å²) in [5.41, 5.74) is 2.75. The van der Waals surface area contributed by atoms with Crippen LogP contribution in [0.4, 0.5) is 0 Å². The molecule has 3 heterocycles. The molecule has 0 amide bonds. The fourth-order valence-electron chi connectivity index (χ4n) is 3.09. The Balaban J connectivity index is 1.78. The summed E-state index contributed by atoms with van der Waals surface area (Å²) in [7, 11) is -0.328. The lowest BCUT2D eigenvalue weighted by Gasteiger charge is -2.32. The lowest BCUT2D eigenvalue weighted by Crippen LogP contribution is -2.41. The van der Waals surface area contributed by atoms with Crippen LogP contribution in [0.5, 0.6) is 0 Å². The Hall–Kier alpha value is -1.33. The van der Waals surface area contributed by atoms with Crippen LogP contribution < -0.4 is 5.46 Å². The fourth-order valence-corrected chi connectivity index (χ4v) is 3.09. The zero-order valence-electron chi connectivity index (χ0n) is 13.8. The average molecular weight is 298 g/mol. The first kappa shape index (κ1) is 14.3. The molecule has 4 rings (SSSR count). The molecule has 1 aliphatic carbocycles. The molecule has 0 unspecified atom stereocenters. The third kappa shape index (κ3) is 2.18. The number of aromatic nitrogens is 2. The van der Waals surface area contributed by atoms with E-state index >= 15 is 0 Å². The molecule has 4 nitrogen and oxygen atoms in total. The molecule has 2 aliphatic rings. The molecule has 2 fully saturated rings. The third-order valence-electron chi connectivity index (χ3n) is 5.43. The predicted octanol–water partition coefficient (Wildman–Crippen LogP) is 2.81. The smallest absolute Gasteiger partial charge is 0.399 e. The van der Waals surface area contributed by atoms with Gasteiger partial charge in [-0.1, -0.05) is 0 Å². The number of fused-ring (bicyclic) bond motifs is 1. The van der Waals surface area contributed by atoms with E-state index < -0.39 is 0 Å². The Morgan fingerprint density at radius 2 is 1.91 bits per heavy atom. The highest BCUT2D eigenvalue weighted by Gasteiger charge is 2.52. The minimum Gasteiger partial charge on any atom is -0.399 e. The standard InChI is InChI=1S/C17H23BN2O2/c1-16(2)17(3,4)22-18(21-16)14-10-20-15-12(7-8-19-15)13(14)9-11-5-6-11/h7-8,10-11H,5-6,9H2,1-4H3,(H,19,20). The van der Waals surface area contributed by atoms with Gasteiger partial charge in [0, 0.05) is 23.2 Å². The molecular formula is C17H23BN2O2. The van der Waals surface area contributed by atoms with E-state index in [1.165, 1.54) is 23.8 Å². The van der Waals surface area contributed by atoms with E-state index in [2.05, 4.69) is 43.7 Å². The largest absolute Gasteiger partial charge is 0.496 e. The van der Waals surface area contributed by atoms with Crippen molar-refractivity contribution in [2.45, 2.75) is 58.2 Å². The molecule has 1 saturated carbocycles. The number of H-pyrrole nitrogens is 1. The summed E-state index contributed by atoms with van der Waals surface area (Å²) >= 11 is 0. The number of hydrogen-bond acceptors (Lipinski definition) is 3. The summed E-state index contributed by atoms with van der Waals surface area (Å²) in [4.78, 5) is 7.77. The maximum absolute atomic E-state index is 6.25. The van der Waals surface area contributed by atoms with Crippen LogP contribution in [0.3, 0.4) is 0 Å². The van der Waals surface area contributed by atoms with E-state index in [0.717, 1.165) is 23.4 Å². The molecular weight excluding hydrogens is 275 g/mol. The molecule has 1 N–H and O–H groups in total. The molecule has 0 bridgehead atoms. The Kier molecular flexibility index (Phi) is 2.98. The normalized spacial score (nSPS) is 23.4. The highest BCUT2D eigenvalue weighted by Crippen LogP contribution is 2.38. The van der Waals surface area contributed by atoms with Gasteiger partial charge in [-0.2, -0.15) is 0 Å². The van der Waals surface area contributed by atoms with Crippen molar-refractivity contribution in [3.8, 4) is 0 Å². The predicted molar refractivity (Wildman–Crippen MR) is 88.2 cm³/mol. The molecule has 0 radical (unpaired) electrons. The second-order valence-corrected chi connectivity index (χ2v) is 7.67. The summed E-state index contributed by atoms with van der Waals surface area (Å²) in [5.74, 6) is 0.807. The van der Waals surface area contributed by atoms with Crippen LogP contribution in [0.1, 0.15) is 46.1 Å². The zero-order valence-corrected chi connectivity index (χ0v) is 13.8. The van der Waals surface area contributed by atoms with E-state index in [1.807, 2.05) is 12.4 Å². The van der Waals surface area contributed by atoms with Gasteiger partial charge >= 0.3 is 7.12 Å². The van der Waals surface area contributed by atoms with Crippen LogP contribution in [0.15, 0.2) is 18.5 Å². The summed E-state index contributed by atoms with van der Waals surface area (Å²) < 4.78 is 12.5. The number of aromatic amines is 1. The van der Waals surface area contributed by atoms with Gasteiger partial charge in [0.1, 0.15) is 5.65 Å². The van der Waals surface area contributed by atoms with Crippen molar-refractivity contribution in [1.29, 1.82) is 0 Å². The quantitative estimate of drug-likeness (QED) is 0.886. The number of rotatable bonds is 3. The minimum absolute atomic E-state index is 0.318. The van der Waals surface area contributed by atoms with Gasteiger partial charge in [0.05, 0.1) is 11.2 Å². The van der Waals surface area contributed by atoms with Crippen LogP contribution in [-0.2, 0) is 15.7 Å². The third-order valence-corrected chi connectivity index (χ3v) is 5.43. The van der Waals surface area contributed by atoms with Crippen molar-refractivity contribution in [2.24, 2.45) is 5.92 Å². The number of nitrogens with zero attached hydrogens (tertiary/aromatic N) is 1. The molecule has 0 aromatic carbocycles. The number of nitrogens with one attached hydrogen (secondary N) is 1. The molecule has 5 heteroatoms. The highest BCUT2D eigenvalue weighted by molar-refractivity contribution is 6.63. The van der Waals surface area contributed by atoms with Crippen LogP contribution in [-0.4, -0.2) is 28.3 Å². The molecule has 0 spiro atoms. The first-order valence-electron chi connectivity index (χ1n) is 8.18. The Bertz CT molecular complexity index is 703. The van der Waals surface area contributed by atoms with E-state index in [4.69, 9.17) is 9.31 Å². The van der Waals surface area contributed by atoms with Crippen LogP contribution in [0.25, 0.3) is 11.0 Å². The second kappa shape index (κ2) is 4.59. The Labute approximate surface area is 131 Å². The monoisotopic (exact) mass is 298 g/mol. The zero-order chi connectivity index (χ0) is 15.5. The first-order chi connectivity index (χ1) is 10.4. The molecule has 2 aromatic rings. The van der Waals surface area contributed by atoms with Gasteiger partial charge in [-0.05, 0) is 64.5 Å². The SMILES string of the molecule is CC1(C)OB(c2cnc3[nH]ccc3c2CC2CC2)OC1(C)C. The fraction of sp³-hybridized carbons (Fsp3) is 0.588. The lowest BCUT2D eigenvalue weighted by atomic mass is 9.75. The topological polar surface area (TPSA) is 47.1 Å². The van der Waals surface area contributed by atoms with Gasteiger partial charge in [0.2, 0.25) is 0 Å². The van der Waals surface area contributed by atoms with Crippen molar-refractivity contribution in [1.82, 2.24) is 9.97 Å². The maximum atomic E-state index is 6.25. The molecule has 2 aromatic heterocycles. The molecule has 22 heavy (non-hydrogen) atoms. The van der Waals surface area contributed by atoms with Gasteiger partial charge < -0.3 is 14.3 Å². The second-order valence-electron chi connectivity index (χ2n) is 7.67. The van der Waals surface area contributed by atoms with Gasteiger partial charge in [0.15, 0.2) is 0 Å². The molecule has 0 atom stereocenters. The van der Waals surface area contributed by atoms with Crippen molar-refractivity contribution < 1.29 is 9.31 Å². The van der Waals surface area contributed by atoms with E-state index in [0.29, 0.717) is 0 Å². The Morgan fingerprint density at radius 1 is 1.23 bits per heavy atom. The summed E-state index contributed by atoms with van der Waals surface area (Å²) in [5, 5.41) is 1.21. The van der Waals surface area contributed by atoms with Gasteiger partial charge in [-0.3, -0.25) is 0 Å². The minimum atomic E-state index is -0.328. The van der Waals surface area contributed by atoms with Crippen molar-refractivity contribution in [2.75, 3.05) is 0 Å². The summed E-state index contributed by atoms with van der Waals surface area (Å²) in [6.45, 7) is 8.37. The highest BCUT2D eigenvalue weighted by atomic mass is 16.7. The van der Waals surface area contributed by atoms with Crippen molar-refractivity contribution in [3.05, 3.63) is 24.0 Å². The molecule has 1 aliphatic heterocycles. The van der Waals surface area contributed by atoms with Crippen LogP contribution >= 0.6 is 0 Å². The van der Waals surface area contributed by atoms with Gasteiger partial charge in [-0.25, -0.2) is 4.98 Å². The van der Waals surface area contributed by atoms with E-state index in [1.54, 1.807) is 0 Å². The van der Waals surface area contributed by atoms with Crippen LogP contribution in [0, 0.1) is 5.92 Å². The summed E-state index contributed by atoms with van der Waals surface area (Å²) in [6.07, 6.45) is 7.64. The van der Waals surface area contributed by atoms with Crippen LogP contribution in [0.2, 0.25) is 0 Å². The van der Waals surface area contributed by atoms with Crippen molar-refractivity contribution >= 4 is 23.6 Å². The van der Waals surface area contributed by atoms with E-state index in [-0.39, 0.29) is 18.3 Å². The average Bonchev–Trinajstić information content (AvgIpc) is 3.05. The van der Waals surface area contributed by atoms with E-state index in [9.17, 15) is 0 Å². The molecule has 1 saturated heterocycles. The molecule has 116 valence electrons. The lowest BCUT2D eigenvalue weighted by molar-refractivity contribution is 0.00578. The number of hydrogen-bond donors (Lipinski definition) is 1. The van der Waals surface area contributed by atoms with Gasteiger partial charge in [-0.15, -0.1) is 0 Å². The Morgan fingerprint density at radius 3 is 2.55 bits per heavy atom. The van der Waals surface area contributed by atoms with Crippen molar-refractivity contribution in [3.63, 3.8) is 0 Å².